The molecule has 0 aromatic heterocycles. The Kier molecular flexibility index (Phi) is 2.07. The molecule has 0 aliphatic carbocycles. The van der Waals surface area contributed by atoms with Gasteiger partial charge in [0.2, 0.25) is 0 Å². The maximum Gasteiger partial charge on any atom is 0.158 e. The Morgan fingerprint density at radius 2 is 2.56 bits per heavy atom. The van der Waals surface area contributed by atoms with Crippen LogP contribution in [0.2, 0.25) is 0 Å². The largest absolute Gasteiger partial charge is 0.382 e. The highest BCUT2D eigenvalue weighted by Crippen LogP contribution is 2.05. The first kappa shape index (κ1) is 6.57. The SMILES string of the molecule is NC1=NNC(=S)SC=C1. The van der Waals surface area contributed by atoms with Gasteiger partial charge in [-0.3, -0.25) is 5.43 Å². The number of hydrogen-bond acceptors (Lipinski definition) is 4. The van der Waals surface area contributed by atoms with Crippen molar-refractivity contribution in [3.63, 3.8) is 0 Å². The molecule has 5 heteroatoms. The molecule has 48 valence electrons. The van der Waals surface area contributed by atoms with Crippen LogP contribution in [0.5, 0.6) is 0 Å². The minimum atomic E-state index is 0.447. The Morgan fingerprint density at radius 1 is 1.78 bits per heavy atom. The molecule has 3 N–H and O–H groups in total. The minimum absolute atomic E-state index is 0.447. The van der Waals surface area contributed by atoms with E-state index in [2.05, 4.69) is 10.5 Å². The Bertz CT molecular complexity index is 184. The van der Waals surface area contributed by atoms with Crippen molar-refractivity contribution in [3.05, 3.63) is 11.5 Å². The van der Waals surface area contributed by atoms with E-state index in [0.29, 0.717) is 10.2 Å². The van der Waals surface area contributed by atoms with Crippen LogP contribution < -0.4 is 11.2 Å². The molecule has 0 amide bonds. The van der Waals surface area contributed by atoms with Gasteiger partial charge in [0.25, 0.3) is 0 Å². The van der Waals surface area contributed by atoms with Gasteiger partial charge in [0.05, 0.1) is 0 Å². The standard InChI is InChI=1S/C4H5N3S2/c5-3-1-2-9-4(8)7-6-3/h1-2H,(H2,5,6)(H,7,8). The van der Waals surface area contributed by atoms with Gasteiger partial charge in [0.15, 0.2) is 4.32 Å². The van der Waals surface area contributed by atoms with Crippen molar-refractivity contribution in [3.8, 4) is 0 Å². The molecule has 0 aromatic carbocycles. The summed E-state index contributed by atoms with van der Waals surface area (Å²) in [5.41, 5.74) is 7.91. The zero-order valence-electron chi connectivity index (χ0n) is 4.50. The first-order valence-electron chi connectivity index (χ1n) is 2.25. The van der Waals surface area contributed by atoms with Gasteiger partial charge in [0.1, 0.15) is 5.84 Å². The Hall–Kier alpha value is -0.550. The molecule has 0 bridgehead atoms. The maximum absolute atomic E-state index is 5.32. The van der Waals surface area contributed by atoms with Crippen molar-refractivity contribution >= 4 is 34.1 Å². The fourth-order valence-electron chi connectivity index (χ4n) is 0.339. The third-order valence-electron chi connectivity index (χ3n) is 0.690. The van der Waals surface area contributed by atoms with Crippen LogP contribution in [0.1, 0.15) is 0 Å². The average molecular weight is 159 g/mol. The summed E-state index contributed by atoms with van der Waals surface area (Å²) >= 11 is 6.17. The molecule has 3 nitrogen and oxygen atoms in total. The summed E-state index contributed by atoms with van der Waals surface area (Å²) in [6.07, 6.45) is 1.69. The number of amidine groups is 1. The number of rotatable bonds is 0. The Labute approximate surface area is 62.4 Å². The first-order chi connectivity index (χ1) is 4.29. The Balaban J connectivity index is 2.69. The van der Waals surface area contributed by atoms with E-state index in [-0.39, 0.29) is 0 Å². The second-order valence-corrected chi connectivity index (χ2v) is 2.94. The molecule has 0 unspecified atom stereocenters. The zero-order valence-corrected chi connectivity index (χ0v) is 6.13. The first-order valence-corrected chi connectivity index (χ1v) is 3.54. The summed E-state index contributed by atoms with van der Waals surface area (Å²) in [4.78, 5) is 0. The van der Waals surface area contributed by atoms with Gasteiger partial charge >= 0.3 is 0 Å². The number of nitrogens with one attached hydrogen (secondary N) is 1. The van der Waals surface area contributed by atoms with Gasteiger partial charge in [-0.05, 0) is 11.5 Å². The molecule has 0 fully saturated rings. The average Bonchev–Trinajstić information content (AvgIpc) is 1.97. The van der Waals surface area contributed by atoms with Crippen LogP contribution in [0.25, 0.3) is 0 Å². The van der Waals surface area contributed by atoms with Crippen LogP contribution in [0, 0.1) is 0 Å². The van der Waals surface area contributed by atoms with E-state index in [0.717, 1.165) is 0 Å². The summed E-state index contributed by atoms with van der Waals surface area (Å²) < 4.78 is 0.617. The van der Waals surface area contributed by atoms with E-state index >= 15 is 0 Å². The van der Waals surface area contributed by atoms with Crippen LogP contribution >= 0.6 is 24.0 Å². The maximum atomic E-state index is 5.32. The highest BCUT2D eigenvalue weighted by atomic mass is 32.2. The lowest BCUT2D eigenvalue weighted by molar-refractivity contribution is 1.06. The molecule has 0 saturated heterocycles. The number of nitrogens with two attached hydrogens (primary N) is 1. The van der Waals surface area contributed by atoms with E-state index < -0.39 is 0 Å². The zero-order chi connectivity index (χ0) is 6.69. The fraction of sp³-hybridized carbons (Fsp3) is 0. The summed E-state index contributed by atoms with van der Waals surface area (Å²) in [7, 11) is 0. The van der Waals surface area contributed by atoms with Gasteiger partial charge in [-0.2, -0.15) is 5.10 Å². The van der Waals surface area contributed by atoms with E-state index in [9.17, 15) is 0 Å². The monoisotopic (exact) mass is 159 g/mol. The molecular formula is C4H5N3S2. The molecule has 1 heterocycles. The van der Waals surface area contributed by atoms with Crippen LogP contribution in [-0.4, -0.2) is 10.2 Å². The summed E-state index contributed by atoms with van der Waals surface area (Å²) in [5, 5.41) is 5.49. The number of nitrogens with zero attached hydrogens (tertiary/aromatic N) is 1. The number of thiocarbonyl (C=S) groups is 1. The number of hydrazone groups is 1. The topological polar surface area (TPSA) is 50.4 Å². The highest BCUT2D eigenvalue weighted by Gasteiger charge is 1.95. The summed E-state index contributed by atoms with van der Waals surface area (Å²) in [5.74, 6) is 0.447. The Morgan fingerprint density at radius 3 is 3.33 bits per heavy atom. The quantitative estimate of drug-likeness (QED) is 0.502. The lowest BCUT2D eigenvalue weighted by Crippen LogP contribution is -2.15. The molecule has 9 heavy (non-hydrogen) atoms. The highest BCUT2D eigenvalue weighted by molar-refractivity contribution is 8.24. The summed E-state index contributed by atoms with van der Waals surface area (Å²) in [6, 6.07) is 0. The third kappa shape index (κ3) is 2.03. The predicted octanol–water partition coefficient (Wildman–Crippen LogP) is 0.394. The second-order valence-electron chi connectivity index (χ2n) is 1.36. The van der Waals surface area contributed by atoms with Gasteiger partial charge in [-0.1, -0.05) is 24.0 Å². The number of thioether (sulfide) groups is 1. The lowest BCUT2D eigenvalue weighted by atomic mass is 10.6. The molecule has 1 aliphatic rings. The predicted molar refractivity (Wildman–Crippen MR) is 44.1 cm³/mol. The van der Waals surface area contributed by atoms with Crippen LogP contribution in [0.4, 0.5) is 0 Å². The second kappa shape index (κ2) is 2.84. The van der Waals surface area contributed by atoms with Gasteiger partial charge in [-0.25, -0.2) is 0 Å². The minimum Gasteiger partial charge on any atom is -0.382 e. The molecule has 0 spiro atoms. The smallest absolute Gasteiger partial charge is 0.158 e. The summed E-state index contributed by atoms with van der Waals surface area (Å²) in [6.45, 7) is 0. The van der Waals surface area contributed by atoms with E-state index in [1.165, 1.54) is 11.8 Å². The van der Waals surface area contributed by atoms with Crippen molar-refractivity contribution in [1.82, 2.24) is 5.43 Å². The van der Waals surface area contributed by atoms with Gasteiger partial charge in [0, 0.05) is 0 Å². The van der Waals surface area contributed by atoms with Crippen LogP contribution in [-0.2, 0) is 0 Å². The van der Waals surface area contributed by atoms with Crippen molar-refractivity contribution in [2.24, 2.45) is 10.8 Å². The normalized spacial score (nSPS) is 18.2. The van der Waals surface area contributed by atoms with E-state index in [1.54, 1.807) is 11.5 Å². The lowest BCUT2D eigenvalue weighted by Gasteiger charge is -1.92. The van der Waals surface area contributed by atoms with E-state index in [1.807, 2.05) is 0 Å². The molecule has 0 saturated carbocycles. The van der Waals surface area contributed by atoms with Gasteiger partial charge in [-0.15, -0.1) is 0 Å². The third-order valence-corrected chi connectivity index (χ3v) is 1.65. The van der Waals surface area contributed by atoms with Crippen LogP contribution in [0.3, 0.4) is 0 Å². The molecule has 0 radical (unpaired) electrons. The van der Waals surface area contributed by atoms with Crippen molar-refractivity contribution in [2.45, 2.75) is 0 Å². The molecule has 0 atom stereocenters. The fourth-order valence-corrected chi connectivity index (χ4v) is 0.981. The van der Waals surface area contributed by atoms with Crippen molar-refractivity contribution in [2.75, 3.05) is 0 Å². The van der Waals surface area contributed by atoms with E-state index in [4.69, 9.17) is 18.0 Å². The molecule has 1 aliphatic heterocycles. The molecule has 1 rings (SSSR count). The van der Waals surface area contributed by atoms with Crippen molar-refractivity contribution in [1.29, 1.82) is 0 Å². The van der Waals surface area contributed by atoms with Crippen molar-refractivity contribution < 1.29 is 0 Å². The molecular weight excluding hydrogens is 154 g/mol. The molecule has 0 aromatic rings. The van der Waals surface area contributed by atoms with Gasteiger partial charge < -0.3 is 5.73 Å². The number of hydrogen-bond donors (Lipinski definition) is 2. The van der Waals surface area contributed by atoms with Crippen LogP contribution in [0.15, 0.2) is 16.6 Å².